The number of benzene rings is 2. The monoisotopic (exact) mass is 386 g/mol. The van der Waals surface area contributed by atoms with Crippen LogP contribution in [-0.4, -0.2) is 15.9 Å². The molecular weight excluding hydrogens is 375 g/mol. The van der Waals surface area contributed by atoms with Gasteiger partial charge in [0.1, 0.15) is 0 Å². The number of furan rings is 1. The largest absolute Gasteiger partial charge is 0.449 e. The summed E-state index contributed by atoms with van der Waals surface area (Å²) in [5, 5.41) is 5.73. The van der Waals surface area contributed by atoms with E-state index in [0.29, 0.717) is 38.3 Å². The summed E-state index contributed by atoms with van der Waals surface area (Å²) in [4.78, 5) is 15.8. The first-order valence-corrected chi connectivity index (χ1v) is 8.53. The second-order valence-corrected chi connectivity index (χ2v) is 6.71. The number of halogens is 2. The number of carbonyl (C=O) groups excluding carboxylic acids is 1. The molecule has 5 nitrogen and oxygen atoms in total. The molecule has 4 aromatic rings. The lowest BCUT2D eigenvalue weighted by atomic mass is 10.1. The van der Waals surface area contributed by atoms with Crippen LogP contribution in [0.3, 0.4) is 0 Å². The molecule has 0 unspecified atom stereocenters. The van der Waals surface area contributed by atoms with Crippen molar-refractivity contribution in [2.24, 2.45) is 0 Å². The third kappa shape index (κ3) is 2.79. The molecule has 7 heteroatoms. The van der Waals surface area contributed by atoms with Gasteiger partial charge in [0.05, 0.1) is 10.0 Å². The van der Waals surface area contributed by atoms with Gasteiger partial charge in [-0.3, -0.25) is 4.79 Å². The molecule has 0 saturated carbocycles. The summed E-state index contributed by atoms with van der Waals surface area (Å²) in [5.41, 5.74) is 2.69. The summed E-state index contributed by atoms with van der Waals surface area (Å²) >= 11 is 12.4. The van der Waals surface area contributed by atoms with Gasteiger partial charge in [0.2, 0.25) is 5.82 Å². The van der Waals surface area contributed by atoms with Crippen molar-refractivity contribution in [2.75, 3.05) is 0 Å². The molecule has 0 bridgehead atoms. The third-order valence-corrected chi connectivity index (χ3v) is 4.72. The van der Waals surface area contributed by atoms with E-state index in [1.807, 2.05) is 19.1 Å². The average Bonchev–Trinajstić information content (AvgIpc) is 3.25. The zero-order valence-electron chi connectivity index (χ0n) is 13.8. The number of nitrogens with zero attached hydrogens (tertiary/aromatic N) is 2. The SMILES string of the molecule is CC(=O)c1ccc(-c2noc(-c3cc4c(C)ccc(Cl)c4o3)n2)c(Cl)c1. The molecule has 0 aliphatic carbocycles. The molecule has 130 valence electrons. The third-order valence-electron chi connectivity index (χ3n) is 4.11. The Hall–Kier alpha value is -2.63. The highest BCUT2D eigenvalue weighted by atomic mass is 35.5. The predicted octanol–water partition coefficient (Wildman–Crippen LogP) is 5.97. The van der Waals surface area contributed by atoms with E-state index < -0.39 is 0 Å². The number of carbonyl (C=O) groups is 1. The first kappa shape index (κ1) is 16.8. The van der Waals surface area contributed by atoms with Gasteiger partial charge in [0.15, 0.2) is 17.1 Å². The molecule has 0 amide bonds. The van der Waals surface area contributed by atoms with Gasteiger partial charge in [-0.1, -0.05) is 40.5 Å². The van der Waals surface area contributed by atoms with E-state index in [1.165, 1.54) is 6.92 Å². The average molecular weight is 387 g/mol. The molecule has 2 aromatic carbocycles. The van der Waals surface area contributed by atoms with Crippen molar-refractivity contribution in [3.63, 3.8) is 0 Å². The first-order chi connectivity index (χ1) is 12.4. The van der Waals surface area contributed by atoms with Crippen LogP contribution in [0, 0.1) is 6.92 Å². The number of hydrogen-bond donors (Lipinski definition) is 0. The van der Waals surface area contributed by atoms with Crippen LogP contribution in [0.25, 0.3) is 34.0 Å². The maximum absolute atomic E-state index is 11.4. The smallest absolute Gasteiger partial charge is 0.293 e. The Bertz CT molecular complexity index is 1120. The van der Waals surface area contributed by atoms with Crippen LogP contribution in [0.5, 0.6) is 0 Å². The molecular formula is C19H12Cl2N2O3. The Morgan fingerprint density at radius 2 is 1.88 bits per heavy atom. The highest BCUT2D eigenvalue weighted by Crippen LogP contribution is 2.35. The first-order valence-electron chi connectivity index (χ1n) is 7.77. The van der Waals surface area contributed by atoms with Crippen molar-refractivity contribution in [1.82, 2.24) is 10.1 Å². The molecule has 0 N–H and O–H groups in total. The van der Waals surface area contributed by atoms with Crippen LogP contribution < -0.4 is 0 Å². The fraction of sp³-hybridized carbons (Fsp3) is 0.105. The Morgan fingerprint density at radius 1 is 1.08 bits per heavy atom. The van der Waals surface area contributed by atoms with Gasteiger partial charge in [-0.2, -0.15) is 4.98 Å². The standard InChI is InChI=1S/C19H12Cl2N2O3/c1-9-3-6-14(20)17-13(9)8-16(25-17)19-22-18(23-26-19)12-5-4-11(10(2)24)7-15(12)21/h3-8H,1-2H3. The van der Waals surface area contributed by atoms with Crippen molar-refractivity contribution in [3.8, 4) is 23.0 Å². The molecule has 26 heavy (non-hydrogen) atoms. The summed E-state index contributed by atoms with van der Waals surface area (Å²) in [6.45, 7) is 3.44. The van der Waals surface area contributed by atoms with Crippen molar-refractivity contribution in [3.05, 3.63) is 57.6 Å². The zero-order valence-corrected chi connectivity index (χ0v) is 15.4. The molecule has 0 atom stereocenters. The fourth-order valence-corrected chi connectivity index (χ4v) is 3.15. The van der Waals surface area contributed by atoms with Crippen molar-refractivity contribution in [1.29, 1.82) is 0 Å². The molecule has 0 aliphatic heterocycles. The van der Waals surface area contributed by atoms with Gasteiger partial charge >= 0.3 is 0 Å². The lowest BCUT2D eigenvalue weighted by Crippen LogP contribution is -1.92. The Kier molecular flexibility index (Phi) is 4.05. The van der Waals surface area contributed by atoms with Gasteiger partial charge < -0.3 is 8.94 Å². The zero-order chi connectivity index (χ0) is 18.4. The van der Waals surface area contributed by atoms with Gasteiger partial charge in [-0.05, 0) is 43.7 Å². The minimum atomic E-state index is -0.0678. The number of aromatic nitrogens is 2. The molecule has 2 aromatic heterocycles. The summed E-state index contributed by atoms with van der Waals surface area (Å²) < 4.78 is 11.1. The Morgan fingerprint density at radius 3 is 2.58 bits per heavy atom. The van der Waals surface area contributed by atoms with Crippen LogP contribution >= 0.6 is 23.2 Å². The molecule has 2 heterocycles. The van der Waals surface area contributed by atoms with E-state index in [1.54, 1.807) is 24.3 Å². The van der Waals surface area contributed by atoms with E-state index in [4.69, 9.17) is 32.1 Å². The number of ketones is 1. The van der Waals surface area contributed by atoms with Crippen molar-refractivity contribution < 1.29 is 13.7 Å². The summed E-state index contributed by atoms with van der Waals surface area (Å²) in [5.74, 6) is 0.884. The number of hydrogen-bond acceptors (Lipinski definition) is 5. The Balaban J connectivity index is 1.76. The molecule has 4 rings (SSSR count). The number of rotatable bonds is 3. The van der Waals surface area contributed by atoms with E-state index in [9.17, 15) is 4.79 Å². The van der Waals surface area contributed by atoms with E-state index >= 15 is 0 Å². The van der Waals surface area contributed by atoms with Gasteiger partial charge in [-0.25, -0.2) is 0 Å². The van der Waals surface area contributed by atoms with Crippen LogP contribution in [0.2, 0.25) is 10.0 Å². The maximum Gasteiger partial charge on any atom is 0.293 e. The van der Waals surface area contributed by atoms with Crippen molar-refractivity contribution >= 4 is 40.0 Å². The fourth-order valence-electron chi connectivity index (χ4n) is 2.68. The molecule has 0 aliphatic rings. The summed E-state index contributed by atoms with van der Waals surface area (Å²) in [6, 6.07) is 10.5. The summed E-state index contributed by atoms with van der Waals surface area (Å²) in [6.07, 6.45) is 0. The quantitative estimate of drug-likeness (QED) is 0.405. The van der Waals surface area contributed by atoms with E-state index in [2.05, 4.69) is 10.1 Å². The molecule has 0 radical (unpaired) electrons. The van der Waals surface area contributed by atoms with Crippen molar-refractivity contribution in [2.45, 2.75) is 13.8 Å². The lowest BCUT2D eigenvalue weighted by Gasteiger charge is -2.01. The Labute approximate surface area is 158 Å². The highest BCUT2D eigenvalue weighted by molar-refractivity contribution is 6.35. The van der Waals surface area contributed by atoms with Crippen LogP contribution in [0.15, 0.2) is 45.3 Å². The lowest BCUT2D eigenvalue weighted by molar-refractivity contribution is 0.101. The van der Waals surface area contributed by atoms with Crippen LogP contribution in [0.4, 0.5) is 0 Å². The molecule has 0 fully saturated rings. The van der Waals surface area contributed by atoms with Crippen LogP contribution in [0.1, 0.15) is 22.8 Å². The molecule has 0 saturated heterocycles. The summed E-state index contributed by atoms with van der Waals surface area (Å²) in [7, 11) is 0. The van der Waals surface area contributed by atoms with E-state index in [-0.39, 0.29) is 11.7 Å². The number of aryl methyl sites for hydroxylation is 1. The van der Waals surface area contributed by atoms with Gasteiger partial charge in [0.25, 0.3) is 5.89 Å². The molecule has 0 spiro atoms. The van der Waals surface area contributed by atoms with Gasteiger partial charge in [-0.15, -0.1) is 0 Å². The topological polar surface area (TPSA) is 69.1 Å². The minimum Gasteiger partial charge on any atom is -0.449 e. The maximum atomic E-state index is 11.4. The minimum absolute atomic E-state index is 0.0678. The number of fused-ring (bicyclic) bond motifs is 1. The second kappa shape index (κ2) is 6.27. The highest BCUT2D eigenvalue weighted by Gasteiger charge is 2.18. The predicted molar refractivity (Wildman–Crippen MR) is 99.7 cm³/mol. The van der Waals surface area contributed by atoms with Crippen LogP contribution in [-0.2, 0) is 0 Å². The second-order valence-electron chi connectivity index (χ2n) is 5.89. The normalized spacial score (nSPS) is 11.2. The van der Waals surface area contributed by atoms with E-state index in [0.717, 1.165) is 10.9 Å². The van der Waals surface area contributed by atoms with Gasteiger partial charge in [0, 0.05) is 16.5 Å². The number of Topliss-reactive ketones (excluding diaryl/α,β-unsaturated/α-hetero) is 1.